The fraction of sp³-hybridized carbons (Fsp3) is 0.938. The monoisotopic (exact) mass is 299 g/mol. The molecule has 0 heterocycles. The molecule has 0 aliphatic heterocycles. The molecule has 1 aliphatic rings. The zero-order valence-corrected chi connectivity index (χ0v) is 13.9. The Hall–Kier alpha value is -0.810. The van der Waals surface area contributed by atoms with E-state index >= 15 is 0 Å². The lowest BCUT2D eigenvalue weighted by Gasteiger charge is -2.39. The van der Waals surface area contributed by atoms with Crippen molar-refractivity contribution < 1.29 is 10.3 Å². The Bertz CT molecular complexity index is 344. The SMILES string of the molecule is CC1CCCC(CO)(NCCCCC(C)(C)C(N)=NO)C1. The molecule has 0 aromatic rings. The predicted octanol–water partition coefficient (Wildman–Crippen LogP) is 2.46. The lowest BCUT2D eigenvalue weighted by atomic mass is 9.76. The van der Waals surface area contributed by atoms with Crippen LogP contribution in [-0.4, -0.2) is 34.8 Å². The summed E-state index contributed by atoms with van der Waals surface area (Å²) in [6, 6.07) is 0. The van der Waals surface area contributed by atoms with Crippen LogP contribution in [0.3, 0.4) is 0 Å². The van der Waals surface area contributed by atoms with Crippen molar-refractivity contribution in [1.29, 1.82) is 0 Å². The van der Waals surface area contributed by atoms with Gasteiger partial charge < -0.3 is 21.4 Å². The van der Waals surface area contributed by atoms with Crippen molar-refractivity contribution in [2.24, 2.45) is 22.2 Å². The van der Waals surface area contributed by atoms with Gasteiger partial charge in [0.1, 0.15) is 5.84 Å². The topological polar surface area (TPSA) is 90.9 Å². The van der Waals surface area contributed by atoms with E-state index in [1.807, 2.05) is 13.8 Å². The molecular formula is C16H33N3O2. The highest BCUT2D eigenvalue weighted by atomic mass is 16.4. The van der Waals surface area contributed by atoms with E-state index in [1.165, 1.54) is 12.8 Å². The van der Waals surface area contributed by atoms with Crippen LogP contribution in [0.5, 0.6) is 0 Å². The van der Waals surface area contributed by atoms with E-state index in [2.05, 4.69) is 17.4 Å². The minimum absolute atomic E-state index is 0.0707. The van der Waals surface area contributed by atoms with Crippen molar-refractivity contribution in [3.8, 4) is 0 Å². The molecule has 1 aliphatic carbocycles. The molecule has 0 spiro atoms. The fourth-order valence-corrected chi connectivity index (χ4v) is 3.33. The van der Waals surface area contributed by atoms with E-state index in [1.54, 1.807) is 0 Å². The normalized spacial score (nSPS) is 27.8. The van der Waals surface area contributed by atoms with Gasteiger partial charge in [-0.25, -0.2) is 0 Å². The molecule has 1 saturated carbocycles. The highest BCUT2D eigenvalue weighted by Crippen LogP contribution is 2.32. The van der Waals surface area contributed by atoms with Crippen molar-refractivity contribution in [3.63, 3.8) is 0 Å². The molecule has 124 valence electrons. The molecule has 2 atom stereocenters. The van der Waals surface area contributed by atoms with E-state index in [0.717, 1.165) is 38.6 Å². The molecule has 5 heteroatoms. The van der Waals surface area contributed by atoms with E-state index in [0.29, 0.717) is 11.8 Å². The summed E-state index contributed by atoms with van der Waals surface area (Å²) in [7, 11) is 0. The minimum atomic E-state index is -0.261. The average Bonchev–Trinajstić information content (AvgIpc) is 2.45. The van der Waals surface area contributed by atoms with Crippen molar-refractivity contribution >= 4 is 5.84 Å². The second-order valence-corrected chi connectivity index (χ2v) is 7.39. The van der Waals surface area contributed by atoms with Crippen LogP contribution < -0.4 is 11.1 Å². The first-order chi connectivity index (χ1) is 9.85. The van der Waals surface area contributed by atoms with Gasteiger partial charge in [-0.1, -0.05) is 45.2 Å². The van der Waals surface area contributed by atoms with Gasteiger partial charge in [-0.05, 0) is 38.1 Å². The summed E-state index contributed by atoms with van der Waals surface area (Å²) in [6.07, 6.45) is 7.57. The van der Waals surface area contributed by atoms with Gasteiger partial charge in [-0.3, -0.25) is 0 Å². The third kappa shape index (κ3) is 5.47. The zero-order valence-electron chi connectivity index (χ0n) is 13.9. The molecule has 0 bridgehead atoms. The van der Waals surface area contributed by atoms with Gasteiger partial charge in [-0.15, -0.1) is 0 Å². The first-order valence-electron chi connectivity index (χ1n) is 8.19. The maximum absolute atomic E-state index is 9.73. The summed E-state index contributed by atoms with van der Waals surface area (Å²) >= 11 is 0. The number of unbranched alkanes of at least 4 members (excludes halogenated alkanes) is 1. The van der Waals surface area contributed by atoms with E-state index in [4.69, 9.17) is 10.9 Å². The summed E-state index contributed by atoms with van der Waals surface area (Å²) in [4.78, 5) is 0. The summed E-state index contributed by atoms with van der Waals surface area (Å²) in [5.74, 6) is 0.987. The third-order valence-corrected chi connectivity index (χ3v) is 4.92. The Morgan fingerprint density at radius 3 is 2.71 bits per heavy atom. The molecule has 0 amide bonds. The van der Waals surface area contributed by atoms with Crippen molar-refractivity contribution in [2.75, 3.05) is 13.2 Å². The van der Waals surface area contributed by atoms with Crippen LogP contribution in [0, 0.1) is 11.3 Å². The van der Waals surface area contributed by atoms with Crippen LogP contribution in [-0.2, 0) is 0 Å². The standard InChI is InChI=1S/C16H33N3O2/c1-13-7-6-9-16(11-13,12-20)18-10-5-4-8-15(2,3)14(17)19-21/h13,18,20-21H,4-12H2,1-3H3,(H2,17,19). The Morgan fingerprint density at radius 2 is 2.14 bits per heavy atom. The highest BCUT2D eigenvalue weighted by molar-refractivity contribution is 5.85. The van der Waals surface area contributed by atoms with Gasteiger partial charge in [0.2, 0.25) is 0 Å². The lowest BCUT2D eigenvalue weighted by molar-refractivity contribution is 0.0994. The largest absolute Gasteiger partial charge is 0.409 e. The molecule has 21 heavy (non-hydrogen) atoms. The van der Waals surface area contributed by atoms with Crippen LogP contribution in [0.1, 0.15) is 65.7 Å². The van der Waals surface area contributed by atoms with E-state index < -0.39 is 0 Å². The smallest absolute Gasteiger partial charge is 0.144 e. The lowest BCUT2D eigenvalue weighted by Crippen LogP contribution is -2.51. The van der Waals surface area contributed by atoms with E-state index in [9.17, 15) is 5.11 Å². The summed E-state index contributed by atoms with van der Waals surface area (Å²) in [5.41, 5.74) is 5.36. The number of nitrogens with zero attached hydrogens (tertiary/aromatic N) is 1. The van der Waals surface area contributed by atoms with Crippen LogP contribution in [0.2, 0.25) is 0 Å². The molecule has 0 radical (unpaired) electrons. The zero-order chi connectivity index (χ0) is 15.9. The molecule has 0 aromatic carbocycles. The van der Waals surface area contributed by atoms with Gasteiger partial charge in [0.05, 0.1) is 6.61 Å². The van der Waals surface area contributed by atoms with Gasteiger partial charge >= 0.3 is 0 Å². The van der Waals surface area contributed by atoms with Crippen molar-refractivity contribution in [1.82, 2.24) is 5.32 Å². The van der Waals surface area contributed by atoms with Gasteiger partial charge in [0, 0.05) is 11.0 Å². The Labute approximate surface area is 129 Å². The first-order valence-corrected chi connectivity index (χ1v) is 8.19. The maximum Gasteiger partial charge on any atom is 0.144 e. The molecule has 5 nitrogen and oxygen atoms in total. The predicted molar refractivity (Wildman–Crippen MR) is 86.5 cm³/mol. The fourth-order valence-electron chi connectivity index (χ4n) is 3.33. The molecule has 2 unspecified atom stereocenters. The second kappa shape index (κ2) is 7.99. The first kappa shape index (κ1) is 18.2. The quantitative estimate of drug-likeness (QED) is 0.182. The summed E-state index contributed by atoms with van der Waals surface area (Å²) < 4.78 is 0. The second-order valence-electron chi connectivity index (χ2n) is 7.39. The number of rotatable bonds is 8. The number of nitrogens with two attached hydrogens (primary N) is 1. The number of aliphatic hydroxyl groups excluding tert-OH is 1. The van der Waals surface area contributed by atoms with Crippen LogP contribution >= 0.6 is 0 Å². The molecule has 5 N–H and O–H groups in total. The van der Waals surface area contributed by atoms with Gasteiger partial charge in [-0.2, -0.15) is 0 Å². The van der Waals surface area contributed by atoms with Crippen LogP contribution in [0.4, 0.5) is 0 Å². The van der Waals surface area contributed by atoms with Gasteiger partial charge in [0.25, 0.3) is 0 Å². The van der Waals surface area contributed by atoms with Crippen LogP contribution in [0.15, 0.2) is 5.16 Å². The number of hydrogen-bond acceptors (Lipinski definition) is 4. The van der Waals surface area contributed by atoms with Gasteiger partial charge in [0.15, 0.2) is 0 Å². The number of nitrogens with one attached hydrogen (secondary N) is 1. The summed E-state index contributed by atoms with van der Waals surface area (Å²) in [5, 5.41) is 25.2. The molecule has 0 saturated heterocycles. The van der Waals surface area contributed by atoms with Crippen LogP contribution in [0.25, 0.3) is 0 Å². The Balaban J connectivity index is 2.30. The Morgan fingerprint density at radius 1 is 1.43 bits per heavy atom. The Kier molecular flexibility index (Phi) is 6.94. The third-order valence-electron chi connectivity index (χ3n) is 4.92. The molecule has 1 fully saturated rings. The highest BCUT2D eigenvalue weighted by Gasteiger charge is 2.33. The van der Waals surface area contributed by atoms with Crippen molar-refractivity contribution in [3.05, 3.63) is 0 Å². The molecule has 1 rings (SSSR count). The summed E-state index contributed by atoms with van der Waals surface area (Å²) in [6.45, 7) is 7.40. The number of hydrogen-bond donors (Lipinski definition) is 4. The average molecular weight is 299 g/mol. The maximum atomic E-state index is 9.73. The number of aliphatic hydroxyl groups is 1. The van der Waals surface area contributed by atoms with E-state index in [-0.39, 0.29) is 17.6 Å². The van der Waals surface area contributed by atoms with Crippen molar-refractivity contribution in [2.45, 2.75) is 71.3 Å². The number of oxime groups is 1. The molecular weight excluding hydrogens is 266 g/mol. The molecule has 0 aromatic heterocycles. The number of amidine groups is 1. The minimum Gasteiger partial charge on any atom is -0.409 e.